The van der Waals surface area contributed by atoms with Crippen LogP contribution in [-0.4, -0.2) is 24.4 Å². The van der Waals surface area contributed by atoms with Gasteiger partial charge in [-0.15, -0.1) is 10.1 Å². The van der Waals surface area contributed by atoms with E-state index in [2.05, 4.69) is 4.84 Å². The van der Waals surface area contributed by atoms with Crippen molar-refractivity contribution in [1.82, 2.24) is 0 Å². The number of phosphoric acid groups is 1. The molecule has 8 nitrogen and oxygen atoms in total. The van der Waals surface area contributed by atoms with E-state index < -0.39 is 19.0 Å². The second kappa shape index (κ2) is 6.01. The maximum Gasteiger partial charge on any atom is 0.530 e. The highest BCUT2D eigenvalue weighted by atomic mass is 31.2. The summed E-state index contributed by atoms with van der Waals surface area (Å²) in [6.07, 6.45) is -0.357. The molecule has 1 aliphatic heterocycles. The van der Waals surface area contributed by atoms with Crippen molar-refractivity contribution in [1.29, 1.82) is 0 Å². The summed E-state index contributed by atoms with van der Waals surface area (Å²) in [5.41, 5.74) is 0. The molecule has 0 spiro atoms. The van der Waals surface area contributed by atoms with Crippen molar-refractivity contribution in [2.45, 2.75) is 12.5 Å². The van der Waals surface area contributed by atoms with E-state index in [-0.39, 0.29) is 13.2 Å². The number of para-hydroxylation sites is 1. The number of benzene rings is 1. The Balaban J connectivity index is 1.95. The number of rotatable bonds is 5. The molecule has 2 unspecified atom stereocenters. The van der Waals surface area contributed by atoms with Gasteiger partial charge in [0, 0.05) is 6.42 Å². The molecule has 2 atom stereocenters. The molecule has 0 amide bonds. The van der Waals surface area contributed by atoms with Crippen LogP contribution in [0.1, 0.15) is 6.42 Å². The lowest BCUT2D eigenvalue weighted by Crippen LogP contribution is -2.27. The molecule has 1 heterocycles. The Morgan fingerprint density at radius 3 is 2.84 bits per heavy atom. The molecule has 2 rings (SSSR count). The molecule has 104 valence electrons. The van der Waals surface area contributed by atoms with E-state index in [1.807, 2.05) is 0 Å². The molecule has 1 fully saturated rings. The molecular formula is C10H12NO7P. The summed E-state index contributed by atoms with van der Waals surface area (Å²) in [6.45, 7) is -0.186. The molecule has 1 aromatic rings. The Morgan fingerprint density at radius 2 is 2.16 bits per heavy atom. The molecule has 1 aromatic carbocycles. The number of nitrogens with zero attached hydrogens (tertiary/aromatic N) is 1. The molecule has 0 aromatic heterocycles. The van der Waals surface area contributed by atoms with Crippen molar-refractivity contribution in [3.05, 3.63) is 40.4 Å². The van der Waals surface area contributed by atoms with Gasteiger partial charge in [-0.1, -0.05) is 18.2 Å². The zero-order valence-electron chi connectivity index (χ0n) is 9.84. The molecule has 0 bridgehead atoms. The van der Waals surface area contributed by atoms with Crippen molar-refractivity contribution in [3.8, 4) is 5.75 Å². The fourth-order valence-corrected chi connectivity index (χ4v) is 2.87. The fraction of sp³-hybridized carbons (Fsp3) is 0.400. The van der Waals surface area contributed by atoms with Crippen LogP contribution in [0.2, 0.25) is 0 Å². The highest BCUT2D eigenvalue weighted by molar-refractivity contribution is 7.49. The van der Waals surface area contributed by atoms with Crippen LogP contribution in [0.5, 0.6) is 5.75 Å². The van der Waals surface area contributed by atoms with E-state index in [1.165, 1.54) is 0 Å². The minimum Gasteiger partial charge on any atom is -0.404 e. The Labute approximate surface area is 108 Å². The van der Waals surface area contributed by atoms with E-state index >= 15 is 0 Å². The van der Waals surface area contributed by atoms with Crippen molar-refractivity contribution in [2.75, 3.05) is 13.2 Å². The second-order valence-electron chi connectivity index (χ2n) is 3.72. The van der Waals surface area contributed by atoms with Crippen molar-refractivity contribution in [2.24, 2.45) is 0 Å². The first-order valence-electron chi connectivity index (χ1n) is 5.52. The third kappa shape index (κ3) is 4.20. The van der Waals surface area contributed by atoms with Gasteiger partial charge in [0.2, 0.25) is 0 Å². The smallest absolute Gasteiger partial charge is 0.404 e. The lowest BCUT2D eigenvalue weighted by molar-refractivity contribution is -0.759. The van der Waals surface area contributed by atoms with E-state index in [0.717, 1.165) is 0 Å². The molecular weight excluding hydrogens is 277 g/mol. The van der Waals surface area contributed by atoms with Crippen molar-refractivity contribution >= 4 is 7.82 Å². The monoisotopic (exact) mass is 289 g/mol. The molecule has 9 heteroatoms. The summed E-state index contributed by atoms with van der Waals surface area (Å²) >= 11 is 0. The van der Waals surface area contributed by atoms with Gasteiger partial charge in [0.05, 0.1) is 12.7 Å². The molecule has 0 aliphatic carbocycles. The molecule has 0 radical (unpaired) electrons. The Hall–Kier alpha value is -1.63. The van der Waals surface area contributed by atoms with Crippen LogP contribution in [0, 0.1) is 10.1 Å². The maximum atomic E-state index is 12.2. The van der Waals surface area contributed by atoms with Gasteiger partial charge >= 0.3 is 7.82 Å². The summed E-state index contributed by atoms with van der Waals surface area (Å²) in [4.78, 5) is 14.3. The number of hydrogen-bond donors (Lipinski definition) is 0. The third-order valence-corrected chi connectivity index (χ3v) is 3.78. The van der Waals surface area contributed by atoms with E-state index in [9.17, 15) is 14.7 Å². The minimum absolute atomic E-state index is 0.121. The fourth-order valence-electron chi connectivity index (χ4n) is 1.48. The number of phosphoric ester groups is 1. The summed E-state index contributed by atoms with van der Waals surface area (Å²) in [5.74, 6) is 0.335. The zero-order chi connectivity index (χ0) is 13.7. The first-order valence-corrected chi connectivity index (χ1v) is 6.98. The van der Waals surface area contributed by atoms with Crippen LogP contribution in [0.15, 0.2) is 30.3 Å². The SMILES string of the molecule is O=[N+]([O-])OCC1CCOP(=O)(Oc2ccccc2)O1. The van der Waals surface area contributed by atoms with Crippen LogP contribution >= 0.6 is 7.82 Å². The summed E-state index contributed by atoms with van der Waals surface area (Å²) in [6, 6.07) is 8.39. The lowest BCUT2D eigenvalue weighted by Gasteiger charge is -2.28. The van der Waals surface area contributed by atoms with Crippen molar-refractivity contribution < 1.29 is 28.1 Å². The quantitative estimate of drug-likeness (QED) is 0.465. The van der Waals surface area contributed by atoms with Crippen LogP contribution in [0.4, 0.5) is 0 Å². The summed E-state index contributed by atoms with van der Waals surface area (Å²) < 4.78 is 27.4. The third-order valence-electron chi connectivity index (χ3n) is 2.29. The average molecular weight is 289 g/mol. The molecule has 1 aliphatic rings. The van der Waals surface area contributed by atoms with E-state index in [1.54, 1.807) is 30.3 Å². The van der Waals surface area contributed by atoms with Gasteiger partial charge in [-0.05, 0) is 12.1 Å². The predicted molar refractivity (Wildman–Crippen MR) is 63.1 cm³/mol. The van der Waals surface area contributed by atoms with Gasteiger partial charge in [0.25, 0.3) is 5.09 Å². The topological polar surface area (TPSA) is 97.1 Å². The standard InChI is InChI=1S/C10H12NO7P/c12-11(13)15-8-10-6-7-16-19(14,18-10)17-9-4-2-1-3-5-9/h1-5,10H,6-8H2. The second-order valence-corrected chi connectivity index (χ2v) is 5.27. The van der Waals surface area contributed by atoms with Crippen LogP contribution in [0.25, 0.3) is 0 Å². The first-order chi connectivity index (χ1) is 9.07. The first kappa shape index (κ1) is 13.8. The maximum absolute atomic E-state index is 12.2. The van der Waals surface area contributed by atoms with Crippen LogP contribution in [0.3, 0.4) is 0 Å². The Kier molecular flexibility index (Phi) is 4.36. The Morgan fingerprint density at radius 1 is 1.42 bits per heavy atom. The van der Waals surface area contributed by atoms with Crippen LogP contribution < -0.4 is 4.52 Å². The lowest BCUT2D eigenvalue weighted by atomic mass is 10.3. The van der Waals surface area contributed by atoms with Gasteiger partial charge in [-0.3, -0.25) is 9.05 Å². The van der Waals surface area contributed by atoms with Gasteiger partial charge in [-0.2, -0.15) is 0 Å². The molecule has 1 saturated heterocycles. The highest BCUT2D eigenvalue weighted by Crippen LogP contribution is 2.53. The van der Waals surface area contributed by atoms with Gasteiger partial charge in [0.15, 0.2) is 0 Å². The molecule has 0 N–H and O–H groups in total. The normalized spacial score (nSPS) is 26.6. The highest BCUT2D eigenvalue weighted by Gasteiger charge is 2.37. The molecule has 19 heavy (non-hydrogen) atoms. The van der Waals surface area contributed by atoms with Gasteiger partial charge in [-0.25, -0.2) is 4.57 Å². The Bertz CT molecular complexity index is 480. The van der Waals surface area contributed by atoms with Crippen LogP contribution in [-0.2, 0) is 18.5 Å². The average Bonchev–Trinajstić information content (AvgIpc) is 2.37. The minimum atomic E-state index is -3.75. The summed E-state index contributed by atoms with van der Waals surface area (Å²) in [7, 11) is -3.75. The van der Waals surface area contributed by atoms with E-state index in [0.29, 0.717) is 12.2 Å². The van der Waals surface area contributed by atoms with Crippen molar-refractivity contribution in [3.63, 3.8) is 0 Å². The molecule has 0 saturated carbocycles. The van der Waals surface area contributed by atoms with Gasteiger partial charge in [0.1, 0.15) is 12.4 Å². The predicted octanol–water partition coefficient (Wildman–Crippen LogP) is 2.19. The largest absolute Gasteiger partial charge is 0.530 e. The summed E-state index contributed by atoms with van der Waals surface area (Å²) in [5, 5.41) is 9.16. The van der Waals surface area contributed by atoms with E-state index in [4.69, 9.17) is 13.6 Å². The number of hydrogen-bond acceptors (Lipinski definition) is 7. The zero-order valence-corrected chi connectivity index (χ0v) is 10.7. The van der Waals surface area contributed by atoms with Gasteiger partial charge < -0.3 is 9.36 Å².